The molecule has 1 atom stereocenters. The Balaban J connectivity index is 2.68. The van der Waals surface area contributed by atoms with Crippen LogP contribution in [0.15, 0.2) is 54.6 Å². The zero-order chi connectivity index (χ0) is 21.6. The number of phenols is 2. The molecule has 0 saturated heterocycles. The first-order valence-electron chi connectivity index (χ1n) is 7.89. The maximum absolute atomic E-state index is 13.0. The molecule has 152 valence electrons. The van der Waals surface area contributed by atoms with Crippen molar-refractivity contribution >= 4 is 56.5 Å². The van der Waals surface area contributed by atoms with Gasteiger partial charge < -0.3 is 10.2 Å². The van der Waals surface area contributed by atoms with E-state index in [1.807, 2.05) is 0 Å². The van der Waals surface area contributed by atoms with Gasteiger partial charge in [0.25, 0.3) is 10.1 Å². The highest BCUT2D eigenvalue weighted by molar-refractivity contribution is 7.87. The number of benzene rings is 3. The minimum Gasteiger partial charge on any atom is -0.507 e. The van der Waals surface area contributed by atoms with Crippen LogP contribution in [0.2, 0.25) is 20.1 Å². The molecule has 0 spiro atoms. The molecule has 0 aliphatic carbocycles. The van der Waals surface area contributed by atoms with Gasteiger partial charge in [0.15, 0.2) is 4.75 Å². The van der Waals surface area contributed by atoms with Crippen LogP contribution in [0.5, 0.6) is 11.5 Å². The van der Waals surface area contributed by atoms with Gasteiger partial charge in [0.2, 0.25) is 0 Å². The van der Waals surface area contributed by atoms with Crippen LogP contribution >= 0.6 is 46.4 Å². The average molecular weight is 494 g/mol. The Hall–Kier alpha value is -1.67. The molecule has 0 aromatic heterocycles. The number of hydrogen-bond acceptors (Lipinski definition) is 4. The molecule has 0 bridgehead atoms. The number of halogens is 4. The van der Waals surface area contributed by atoms with E-state index in [0.29, 0.717) is 0 Å². The van der Waals surface area contributed by atoms with Crippen molar-refractivity contribution in [2.75, 3.05) is 0 Å². The summed E-state index contributed by atoms with van der Waals surface area (Å²) in [5.41, 5.74) is -0.923. The summed E-state index contributed by atoms with van der Waals surface area (Å²) in [7, 11) is -5.18. The Kier molecular flexibility index (Phi) is 5.98. The number of rotatable bonds is 4. The van der Waals surface area contributed by atoms with Crippen molar-refractivity contribution in [1.29, 1.82) is 0 Å². The van der Waals surface area contributed by atoms with E-state index in [9.17, 15) is 23.2 Å². The molecule has 0 amide bonds. The molecule has 0 fully saturated rings. The monoisotopic (exact) mass is 492 g/mol. The van der Waals surface area contributed by atoms with Gasteiger partial charge in [-0.1, -0.05) is 64.6 Å². The third kappa shape index (κ3) is 3.65. The van der Waals surface area contributed by atoms with Crippen LogP contribution in [0.3, 0.4) is 0 Å². The Morgan fingerprint density at radius 3 is 1.93 bits per heavy atom. The van der Waals surface area contributed by atoms with E-state index in [2.05, 4.69) is 0 Å². The van der Waals surface area contributed by atoms with E-state index in [1.54, 1.807) is 0 Å². The molecule has 0 saturated carbocycles. The molecule has 29 heavy (non-hydrogen) atoms. The lowest BCUT2D eigenvalue weighted by Crippen LogP contribution is -2.38. The van der Waals surface area contributed by atoms with Crippen molar-refractivity contribution in [3.8, 4) is 11.5 Å². The second kappa shape index (κ2) is 7.87. The normalized spacial score (nSPS) is 13.8. The van der Waals surface area contributed by atoms with Gasteiger partial charge in [0.05, 0.1) is 15.6 Å². The van der Waals surface area contributed by atoms with Crippen LogP contribution in [0.4, 0.5) is 0 Å². The maximum atomic E-state index is 13.0. The molecule has 0 aliphatic rings. The van der Waals surface area contributed by atoms with Crippen LogP contribution in [0.1, 0.15) is 16.7 Å². The lowest BCUT2D eigenvalue weighted by molar-refractivity contribution is 0.416. The third-order valence-corrected chi connectivity index (χ3v) is 7.05. The minimum atomic E-state index is -5.18. The highest BCUT2D eigenvalue weighted by Crippen LogP contribution is 2.53. The average Bonchev–Trinajstić information content (AvgIpc) is 2.60. The lowest BCUT2D eigenvalue weighted by Gasteiger charge is -2.34. The van der Waals surface area contributed by atoms with E-state index in [1.165, 1.54) is 42.5 Å². The zero-order valence-electron chi connectivity index (χ0n) is 14.3. The van der Waals surface area contributed by atoms with Gasteiger partial charge >= 0.3 is 0 Å². The van der Waals surface area contributed by atoms with Crippen LogP contribution in [-0.2, 0) is 14.9 Å². The van der Waals surface area contributed by atoms with Crippen LogP contribution < -0.4 is 0 Å². The number of aromatic hydroxyl groups is 2. The highest BCUT2D eigenvalue weighted by atomic mass is 35.5. The van der Waals surface area contributed by atoms with Gasteiger partial charge in [-0.2, -0.15) is 8.42 Å². The third-order valence-electron chi connectivity index (χ3n) is 4.36. The van der Waals surface area contributed by atoms with Gasteiger partial charge in [-0.25, -0.2) is 0 Å². The zero-order valence-corrected chi connectivity index (χ0v) is 18.1. The first kappa shape index (κ1) is 22.0. The molecule has 0 heterocycles. The predicted octanol–water partition coefficient (Wildman–Crippen LogP) is 5.89. The molecule has 3 N–H and O–H groups in total. The molecule has 1 unspecified atom stereocenters. The lowest BCUT2D eigenvalue weighted by atomic mass is 9.82. The van der Waals surface area contributed by atoms with E-state index in [-0.39, 0.29) is 31.2 Å². The summed E-state index contributed by atoms with van der Waals surface area (Å²) in [5, 5.41) is 20.9. The van der Waals surface area contributed by atoms with E-state index in [4.69, 9.17) is 46.4 Å². The first-order valence-corrected chi connectivity index (χ1v) is 10.8. The molecule has 10 heteroatoms. The molecule has 0 aliphatic heterocycles. The summed E-state index contributed by atoms with van der Waals surface area (Å²) in [4.78, 5) is 0. The van der Waals surface area contributed by atoms with Crippen LogP contribution in [-0.4, -0.2) is 23.2 Å². The Morgan fingerprint density at radius 2 is 1.38 bits per heavy atom. The van der Waals surface area contributed by atoms with Crippen molar-refractivity contribution < 1.29 is 23.2 Å². The summed E-state index contributed by atoms with van der Waals surface area (Å²) >= 11 is 24.6. The molecule has 3 aromatic rings. The van der Waals surface area contributed by atoms with Crippen LogP contribution in [0, 0.1) is 0 Å². The quantitative estimate of drug-likeness (QED) is 0.239. The number of phenolic OH excluding ortho intramolecular Hbond substituents is 2. The van der Waals surface area contributed by atoms with Gasteiger partial charge in [0, 0.05) is 15.6 Å². The topological polar surface area (TPSA) is 94.8 Å². The summed E-state index contributed by atoms with van der Waals surface area (Å²) in [6.07, 6.45) is 0. The van der Waals surface area contributed by atoms with E-state index >= 15 is 0 Å². The standard InChI is InChI=1S/C19H12Cl4O5S/c20-11-4-1-3-10(7-11)19(29(26,27)28,17-15(24)5-2-6-16(17)25)13-8-12(21)9-14(22)18(13)23/h1-9,24-25H,(H,26,27,28). The summed E-state index contributed by atoms with van der Waals surface area (Å²) in [6, 6.07) is 11.6. The van der Waals surface area contributed by atoms with Crippen molar-refractivity contribution in [3.05, 3.63) is 91.4 Å². The second-order valence-corrected chi connectivity index (χ2v) is 9.31. The van der Waals surface area contributed by atoms with E-state index < -0.39 is 31.9 Å². The summed E-state index contributed by atoms with van der Waals surface area (Å²) < 4.78 is 33.9. The van der Waals surface area contributed by atoms with Gasteiger partial charge in [-0.3, -0.25) is 4.55 Å². The fraction of sp³-hybridized carbons (Fsp3) is 0.0526. The maximum Gasteiger partial charge on any atom is 0.283 e. The Labute approximate surface area is 186 Å². The largest absolute Gasteiger partial charge is 0.507 e. The number of hydrogen-bond donors (Lipinski definition) is 3. The predicted molar refractivity (Wildman–Crippen MR) is 114 cm³/mol. The van der Waals surface area contributed by atoms with Crippen molar-refractivity contribution in [2.45, 2.75) is 4.75 Å². The molecule has 0 radical (unpaired) electrons. The molecule has 3 aromatic carbocycles. The van der Waals surface area contributed by atoms with Gasteiger partial charge in [-0.15, -0.1) is 0 Å². The summed E-state index contributed by atoms with van der Waals surface area (Å²) in [6.45, 7) is 0. The van der Waals surface area contributed by atoms with Gasteiger partial charge in [-0.05, 0) is 42.0 Å². The van der Waals surface area contributed by atoms with Crippen LogP contribution in [0.25, 0.3) is 0 Å². The molecule has 5 nitrogen and oxygen atoms in total. The SMILES string of the molecule is O=S(=O)(O)C(c1cccc(Cl)c1)(c1cc(Cl)cc(Cl)c1Cl)c1c(O)cccc1O. The second-order valence-electron chi connectivity index (χ2n) is 6.09. The fourth-order valence-electron chi connectivity index (χ4n) is 3.26. The molecular formula is C19H12Cl4O5S. The smallest absolute Gasteiger partial charge is 0.283 e. The van der Waals surface area contributed by atoms with E-state index in [0.717, 1.165) is 12.1 Å². The highest BCUT2D eigenvalue weighted by Gasteiger charge is 2.53. The van der Waals surface area contributed by atoms with Crippen molar-refractivity contribution in [3.63, 3.8) is 0 Å². The Morgan fingerprint density at radius 1 is 0.793 bits per heavy atom. The van der Waals surface area contributed by atoms with Crippen molar-refractivity contribution in [1.82, 2.24) is 0 Å². The first-order chi connectivity index (χ1) is 13.5. The van der Waals surface area contributed by atoms with Crippen molar-refractivity contribution in [2.24, 2.45) is 0 Å². The van der Waals surface area contributed by atoms with Gasteiger partial charge in [0.1, 0.15) is 11.5 Å². The minimum absolute atomic E-state index is 0.0133. The molecule has 3 rings (SSSR count). The Bertz CT molecular complexity index is 1190. The fourth-order valence-corrected chi connectivity index (χ4v) is 5.58. The molecular weight excluding hydrogens is 482 g/mol. The summed E-state index contributed by atoms with van der Waals surface area (Å²) in [5.74, 6) is -1.23.